The Morgan fingerprint density at radius 3 is 2.82 bits per heavy atom. The highest BCUT2D eigenvalue weighted by molar-refractivity contribution is 7.13. The number of aromatic nitrogens is 2. The highest BCUT2D eigenvalue weighted by Crippen LogP contribution is 2.28. The summed E-state index contributed by atoms with van der Waals surface area (Å²) in [6, 6.07) is -0.00185. The summed E-state index contributed by atoms with van der Waals surface area (Å²) >= 11 is 1.56. The Balaban J connectivity index is 2.21. The molecule has 0 saturated carbocycles. The number of thiazole rings is 1. The highest BCUT2D eigenvalue weighted by atomic mass is 32.1. The van der Waals surface area contributed by atoms with E-state index in [9.17, 15) is 0 Å². The van der Waals surface area contributed by atoms with Crippen molar-refractivity contribution in [2.45, 2.75) is 33.2 Å². The van der Waals surface area contributed by atoms with E-state index in [1.54, 1.807) is 17.6 Å². The van der Waals surface area contributed by atoms with E-state index in [4.69, 9.17) is 10.2 Å². The second-order valence-electron chi connectivity index (χ2n) is 4.24. The van der Waals surface area contributed by atoms with Gasteiger partial charge in [0.05, 0.1) is 11.7 Å². The lowest BCUT2D eigenvalue weighted by atomic mass is 9.98. The van der Waals surface area contributed by atoms with Gasteiger partial charge in [-0.05, 0) is 5.92 Å². The molecule has 2 aromatic heterocycles. The number of aryl methyl sites for hydroxylation is 1. The number of nitrogens with two attached hydrogens (primary N) is 1. The van der Waals surface area contributed by atoms with E-state index in [-0.39, 0.29) is 6.04 Å². The lowest BCUT2D eigenvalue weighted by Crippen LogP contribution is -2.18. The monoisotopic (exact) mass is 251 g/mol. The van der Waals surface area contributed by atoms with Gasteiger partial charge in [0, 0.05) is 12.3 Å². The van der Waals surface area contributed by atoms with Crippen molar-refractivity contribution in [3.8, 4) is 10.7 Å². The zero-order valence-electron chi connectivity index (χ0n) is 10.3. The Kier molecular flexibility index (Phi) is 3.59. The third-order valence-electron chi connectivity index (χ3n) is 2.96. The fourth-order valence-corrected chi connectivity index (χ4v) is 2.38. The SMILES string of the molecule is CCC(C)C(N)c1csc(-c2coc(C)n2)n1. The van der Waals surface area contributed by atoms with Gasteiger partial charge in [-0.1, -0.05) is 20.3 Å². The quantitative estimate of drug-likeness (QED) is 0.906. The molecule has 2 N–H and O–H groups in total. The van der Waals surface area contributed by atoms with Gasteiger partial charge in [-0.3, -0.25) is 0 Å². The standard InChI is InChI=1S/C12H17N3OS/c1-4-7(2)11(13)10-6-17-12(15-10)9-5-16-8(3)14-9/h5-7,11H,4,13H2,1-3H3. The minimum Gasteiger partial charge on any atom is -0.449 e. The second kappa shape index (κ2) is 4.98. The highest BCUT2D eigenvalue weighted by Gasteiger charge is 2.17. The first-order valence-electron chi connectivity index (χ1n) is 5.75. The van der Waals surface area contributed by atoms with Crippen LogP contribution in [0.25, 0.3) is 10.7 Å². The van der Waals surface area contributed by atoms with Crippen molar-refractivity contribution in [3.63, 3.8) is 0 Å². The average molecular weight is 251 g/mol. The summed E-state index contributed by atoms with van der Waals surface area (Å²) in [5.74, 6) is 1.09. The number of oxazole rings is 1. The maximum atomic E-state index is 6.15. The predicted molar refractivity (Wildman–Crippen MR) is 68.7 cm³/mol. The van der Waals surface area contributed by atoms with Crippen LogP contribution in [0.1, 0.15) is 37.9 Å². The van der Waals surface area contributed by atoms with Crippen LogP contribution in [-0.4, -0.2) is 9.97 Å². The summed E-state index contributed by atoms with van der Waals surface area (Å²) in [4.78, 5) is 8.79. The van der Waals surface area contributed by atoms with E-state index in [2.05, 4.69) is 23.8 Å². The van der Waals surface area contributed by atoms with Gasteiger partial charge in [0.25, 0.3) is 0 Å². The zero-order chi connectivity index (χ0) is 12.4. The molecule has 0 saturated heterocycles. The summed E-state index contributed by atoms with van der Waals surface area (Å²) in [5, 5.41) is 2.88. The molecule has 0 spiro atoms. The van der Waals surface area contributed by atoms with Gasteiger partial charge in [-0.2, -0.15) is 0 Å². The van der Waals surface area contributed by atoms with Gasteiger partial charge in [0.1, 0.15) is 17.0 Å². The van der Waals surface area contributed by atoms with Gasteiger partial charge in [0.15, 0.2) is 5.89 Å². The molecule has 0 amide bonds. The van der Waals surface area contributed by atoms with E-state index in [0.29, 0.717) is 11.8 Å². The first-order valence-corrected chi connectivity index (χ1v) is 6.63. The molecule has 5 heteroatoms. The summed E-state index contributed by atoms with van der Waals surface area (Å²) in [6.45, 7) is 6.10. The van der Waals surface area contributed by atoms with Crippen molar-refractivity contribution in [3.05, 3.63) is 23.2 Å². The van der Waals surface area contributed by atoms with Crippen LogP contribution in [0.4, 0.5) is 0 Å². The molecule has 17 heavy (non-hydrogen) atoms. The first-order chi connectivity index (χ1) is 8.11. The Labute approximate surface area is 105 Å². The third kappa shape index (κ3) is 2.56. The van der Waals surface area contributed by atoms with Crippen LogP contribution in [-0.2, 0) is 0 Å². The maximum Gasteiger partial charge on any atom is 0.191 e. The summed E-state index contributed by atoms with van der Waals surface area (Å²) in [7, 11) is 0. The van der Waals surface area contributed by atoms with E-state index < -0.39 is 0 Å². The fourth-order valence-electron chi connectivity index (χ4n) is 1.56. The molecule has 0 aliphatic rings. The van der Waals surface area contributed by atoms with Crippen molar-refractivity contribution in [2.75, 3.05) is 0 Å². The largest absolute Gasteiger partial charge is 0.449 e. The van der Waals surface area contributed by atoms with Crippen molar-refractivity contribution < 1.29 is 4.42 Å². The van der Waals surface area contributed by atoms with Crippen LogP contribution in [0.3, 0.4) is 0 Å². The molecule has 0 radical (unpaired) electrons. The Morgan fingerprint density at radius 2 is 2.24 bits per heavy atom. The summed E-state index contributed by atoms with van der Waals surface area (Å²) < 4.78 is 5.18. The molecule has 0 fully saturated rings. The molecule has 0 aliphatic heterocycles. The van der Waals surface area contributed by atoms with Gasteiger partial charge in [-0.15, -0.1) is 11.3 Å². The van der Waals surface area contributed by atoms with E-state index in [0.717, 1.165) is 22.8 Å². The van der Waals surface area contributed by atoms with E-state index >= 15 is 0 Å². The fraction of sp³-hybridized carbons (Fsp3) is 0.500. The number of hydrogen-bond acceptors (Lipinski definition) is 5. The van der Waals surface area contributed by atoms with Crippen LogP contribution in [0.5, 0.6) is 0 Å². The van der Waals surface area contributed by atoms with Crippen molar-refractivity contribution in [1.29, 1.82) is 0 Å². The molecule has 2 aromatic rings. The molecule has 2 heterocycles. The Morgan fingerprint density at radius 1 is 1.47 bits per heavy atom. The molecular formula is C12H17N3OS. The molecule has 2 unspecified atom stereocenters. The maximum absolute atomic E-state index is 6.15. The van der Waals surface area contributed by atoms with Gasteiger partial charge in [0.2, 0.25) is 0 Å². The van der Waals surface area contributed by atoms with Crippen LogP contribution in [0, 0.1) is 12.8 Å². The topological polar surface area (TPSA) is 64.9 Å². The third-order valence-corrected chi connectivity index (χ3v) is 3.84. The smallest absolute Gasteiger partial charge is 0.191 e. The van der Waals surface area contributed by atoms with E-state index in [1.807, 2.05) is 12.3 Å². The lowest BCUT2D eigenvalue weighted by molar-refractivity contribution is 0.450. The molecule has 2 atom stereocenters. The minimum absolute atomic E-state index is 0.00185. The molecule has 92 valence electrons. The Bertz CT molecular complexity index is 491. The lowest BCUT2D eigenvalue weighted by Gasteiger charge is -2.15. The minimum atomic E-state index is -0.00185. The molecule has 0 aliphatic carbocycles. The molecular weight excluding hydrogens is 234 g/mol. The predicted octanol–water partition coefficient (Wildman–Crippen LogP) is 3.15. The van der Waals surface area contributed by atoms with Gasteiger partial charge < -0.3 is 10.2 Å². The number of rotatable bonds is 4. The van der Waals surface area contributed by atoms with Crippen LogP contribution >= 0.6 is 11.3 Å². The van der Waals surface area contributed by atoms with Crippen molar-refractivity contribution in [1.82, 2.24) is 9.97 Å². The van der Waals surface area contributed by atoms with Crippen LogP contribution in [0.2, 0.25) is 0 Å². The van der Waals surface area contributed by atoms with Crippen molar-refractivity contribution in [2.24, 2.45) is 11.7 Å². The molecule has 4 nitrogen and oxygen atoms in total. The van der Waals surface area contributed by atoms with E-state index in [1.165, 1.54) is 0 Å². The second-order valence-corrected chi connectivity index (χ2v) is 5.10. The average Bonchev–Trinajstić information content (AvgIpc) is 2.95. The number of hydrogen-bond donors (Lipinski definition) is 1. The van der Waals surface area contributed by atoms with Crippen LogP contribution in [0.15, 0.2) is 16.1 Å². The summed E-state index contributed by atoms with van der Waals surface area (Å²) in [5.41, 5.74) is 7.88. The van der Waals surface area contributed by atoms with Crippen LogP contribution < -0.4 is 5.73 Å². The normalized spacial score (nSPS) is 14.8. The van der Waals surface area contributed by atoms with Crippen molar-refractivity contribution >= 4 is 11.3 Å². The molecule has 0 aromatic carbocycles. The molecule has 0 bridgehead atoms. The zero-order valence-corrected chi connectivity index (χ0v) is 11.1. The van der Waals surface area contributed by atoms with Gasteiger partial charge >= 0.3 is 0 Å². The molecule has 2 rings (SSSR count). The van der Waals surface area contributed by atoms with Gasteiger partial charge in [-0.25, -0.2) is 9.97 Å². The first kappa shape index (κ1) is 12.3. The Hall–Kier alpha value is -1.20. The summed E-state index contributed by atoms with van der Waals surface area (Å²) in [6.07, 6.45) is 2.68. The number of nitrogens with zero attached hydrogens (tertiary/aromatic N) is 2.